The summed E-state index contributed by atoms with van der Waals surface area (Å²) in [4.78, 5) is 12.8. The molecule has 3 rings (SSSR count). The van der Waals surface area contributed by atoms with E-state index < -0.39 is 0 Å². The van der Waals surface area contributed by atoms with E-state index in [2.05, 4.69) is 15.5 Å². The Hall–Kier alpha value is -2.19. The molecule has 118 valence electrons. The van der Waals surface area contributed by atoms with E-state index in [0.29, 0.717) is 17.5 Å². The van der Waals surface area contributed by atoms with Gasteiger partial charge in [-0.05, 0) is 40.9 Å². The Morgan fingerprint density at radius 3 is 2.96 bits per heavy atom. The monoisotopic (exact) mass is 346 g/mol. The molecule has 0 aliphatic heterocycles. The number of para-hydroxylation sites is 2. The van der Waals surface area contributed by atoms with Gasteiger partial charge in [-0.2, -0.15) is 4.68 Å². The average Bonchev–Trinajstić information content (AvgIpc) is 3.25. The number of Topliss-reactive ketones (excluding diaryl/α,β-unsaturated/α-hetero) is 1. The maximum absolute atomic E-state index is 12.1. The largest absolute Gasteiger partial charge is 0.492 e. The quantitative estimate of drug-likeness (QED) is 0.484. The van der Waals surface area contributed by atoms with Crippen LogP contribution in [0.3, 0.4) is 0 Å². The molecule has 0 saturated heterocycles. The Bertz CT molecular complexity index is 786. The van der Waals surface area contributed by atoms with Gasteiger partial charge in [-0.1, -0.05) is 30.0 Å². The number of thiophene rings is 1. The van der Waals surface area contributed by atoms with E-state index in [-0.39, 0.29) is 11.5 Å². The molecule has 0 aliphatic rings. The van der Waals surface area contributed by atoms with Gasteiger partial charge in [0.1, 0.15) is 11.4 Å². The first-order valence-corrected chi connectivity index (χ1v) is 8.86. The number of hydrogen-bond acceptors (Lipinski definition) is 7. The average molecular weight is 346 g/mol. The zero-order chi connectivity index (χ0) is 16.1. The fraction of sp³-hybridized carbons (Fsp3) is 0.200. The highest BCUT2D eigenvalue weighted by molar-refractivity contribution is 7.99. The molecule has 0 atom stereocenters. The van der Waals surface area contributed by atoms with Crippen molar-refractivity contribution in [3.63, 3.8) is 0 Å². The summed E-state index contributed by atoms with van der Waals surface area (Å²) in [5, 5.41) is 14.2. The number of aromatic nitrogens is 4. The van der Waals surface area contributed by atoms with Crippen LogP contribution < -0.4 is 4.74 Å². The van der Waals surface area contributed by atoms with E-state index >= 15 is 0 Å². The molecule has 2 heterocycles. The van der Waals surface area contributed by atoms with Crippen LogP contribution in [-0.2, 0) is 0 Å². The standard InChI is InChI=1S/C15H14N4O2S2/c1-2-21-13-7-4-3-6-11(13)19-15(16-17-18-19)23-10-12(20)14-8-5-9-22-14/h3-9H,2,10H2,1H3. The lowest BCUT2D eigenvalue weighted by molar-refractivity contribution is 0.102. The molecule has 0 unspecified atom stereocenters. The molecule has 8 heteroatoms. The van der Waals surface area contributed by atoms with Crippen molar-refractivity contribution in [2.75, 3.05) is 12.4 Å². The van der Waals surface area contributed by atoms with Crippen LogP contribution in [0.15, 0.2) is 46.9 Å². The molecule has 3 aromatic rings. The van der Waals surface area contributed by atoms with E-state index in [9.17, 15) is 4.79 Å². The first kappa shape index (κ1) is 15.7. The summed E-state index contributed by atoms with van der Waals surface area (Å²) in [7, 11) is 0. The number of thioether (sulfide) groups is 1. The summed E-state index contributed by atoms with van der Waals surface area (Å²) < 4.78 is 7.20. The SMILES string of the molecule is CCOc1ccccc1-n1nnnc1SCC(=O)c1cccs1. The lowest BCUT2D eigenvalue weighted by Gasteiger charge is -2.10. The zero-order valence-electron chi connectivity index (χ0n) is 12.4. The van der Waals surface area contributed by atoms with Gasteiger partial charge in [-0.3, -0.25) is 4.79 Å². The number of ketones is 1. The third-order valence-electron chi connectivity index (χ3n) is 2.96. The summed E-state index contributed by atoms with van der Waals surface area (Å²) in [6.45, 7) is 2.48. The molecular weight excluding hydrogens is 332 g/mol. The Morgan fingerprint density at radius 1 is 1.30 bits per heavy atom. The van der Waals surface area contributed by atoms with Crippen LogP contribution in [0.25, 0.3) is 5.69 Å². The van der Waals surface area contributed by atoms with Crippen molar-refractivity contribution < 1.29 is 9.53 Å². The third kappa shape index (κ3) is 3.59. The highest BCUT2D eigenvalue weighted by atomic mass is 32.2. The second kappa shape index (κ2) is 7.38. The topological polar surface area (TPSA) is 69.9 Å². The van der Waals surface area contributed by atoms with E-state index in [1.165, 1.54) is 23.1 Å². The van der Waals surface area contributed by atoms with Crippen molar-refractivity contribution in [2.45, 2.75) is 12.1 Å². The molecule has 0 fully saturated rings. The second-order valence-electron chi connectivity index (χ2n) is 4.46. The number of ether oxygens (including phenoxy) is 1. The lowest BCUT2D eigenvalue weighted by atomic mass is 10.3. The number of tetrazole rings is 1. The molecule has 0 N–H and O–H groups in total. The molecule has 2 aromatic heterocycles. The Morgan fingerprint density at radius 2 is 2.17 bits per heavy atom. The van der Waals surface area contributed by atoms with Gasteiger partial charge in [0.15, 0.2) is 5.78 Å². The first-order chi connectivity index (χ1) is 11.3. The molecule has 0 spiro atoms. The molecule has 0 radical (unpaired) electrons. The van der Waals surface area contributed by atoms with Gasteiger partial charge in [0.05, 0.1) is 17.2 Å². The van der Waals surface area contributed by atoms with Crippen molar-refractivity contribution in [1.82, 2.24) is 20.2 Å². The Labute approximate surface area is 141 Å². The van der Waals surface area contributed by atoms with E-state index in [0.717, 1.165) is 10.6 Å². The number of rotatable bonds is 7. The maximum atomic E-state index is 12.1. The summed E-state index contributed by atoms with van der Waals surface area (Å²) in [5.74, 6) is 1.06. The fourth-order valence-corrected chi connectivity index (χ4v) is 3.49. The number of carbonyl (C=O) groups excluding carboxylic acids is 1. The molecule has 0 bridgehead atoms. The van der Waals surface area contributed by atoms with Crippen LogP contribution in [0.5, 0.6) is 5.75 Å². The predicted octanol–water partition coefficient (Wildman–Crippen LogP) is 3.10. The van der Waals surface area contributed by atoms with E-state index in [1.54, 1.807) is 4.68 Å². The molecule has 0 saturated carbocycles. The van der Waals surface area contributed by atoms with Crippen LogP contribution in [0.1, 0.15) is 16.6 Å². The zero-order valence-corrected chi connectivity index (χ0v) is 14.0. The van der Waals surface area contributed by atoms with E-state index in [1.807, 2.05) is 48.7 Å². The number of hydrogen-bond donors (Lipinski definition) is 0. The smallest absolute Gasteiger partial charge is 0.214 e. The van der Waals surface area contributed by atoms with Crippen molar-refractivity contribution in [1.29, 1.82) is 0 Å². The number of nitrogens with zero attached hydrogens (tertiary/aromatic N) is 4. The Kier molecular flexibility index (Phi) is 5.04. The minimum absolute atomic E-state index is 0.0673. The van der Waals surface area contributed by atoms with Gasteiger partial charge >= 0.3 is 0 Å². The minimum atomic E-state index is 0.0673. The third-order valence-corrected chi connectivity index (χ3v) is 4.79. The van der Waals surface area contributed by atoms with Gasteiger partial charge in [0.2, 0.25) is 5.16 Å². The van der Waals surface area contributed by atoms with Gasteiger partial charge in [0, 0.05) is 0 Å². The van der Waals surface area contributed by atoms with Crippen molar-refractivity contribution in [2.24, 2.45) is 0 Å². The maximum Gasteiger partial charge on any atom is 0.214 e. The molecule has 6 nitrogen and oxygen atoms in total. The highest BCUT2D eigenvalue weighted by Gasteiger charge is 2.15. The highest BCUT2D eigenvalue weighted by Crippen LogP contribution is 2.26. The number of carbonyl (C=O) groups is 1. The van der Waals surface area contributed by atoms with E-state index in [4.69, 9.17) is 4.74 Å². The molecule has 23 heavy (non-hydrogen) atoms. The van der Waals surface area contributed by atoms with Crippen LogP contribution >= 0.6 is 23.1 Å². The fourth-order valence-electron chi connectivity index (χ4n) is 1.97. The van der Waals surface area contributed by atoms with Gasteiger partial charge in [-0.15, -0.1) is 16.4 Å². The second-order valence-corrected chi connectivity index (χ2v) is 6.35. The van der Waals surface area contributed by atoms with Gasteiger partial charge < -0.3 is 4.74 Å². The van der Waals surface area contributed by atoms with Crippen molar-refractivity contribution in [3.05, 3.63) is 46.7 Å². The van der Waals surface area contributed by atoms with Crippen molar-refractivity contribution in [3.8, 4) is 11.4 Å². The molecule has 0 amide bonds. The number of benzene rings is 1. The lowest BCUT2D eigenvalue weighted by Crippen LogP contribution is -2.05. The summed E-state index contributed by atoms with van der Waals surface area (Å²) in [6.07, 6.45) is 0. The summed E-state index contributed by atoms with van der Waals surface area (Å²) in [5.41, 5.74) is 0.755. The molecule has 1 aromatic carbocycles. The minimum Gasteiger partial charge on any atom is -0.492 e. The first-order valence-electron chi connectivity index (χ1n) is 6.99. The molecule has 0 aliphatic carbocycles. The normalized spacial score (nSPS) is 10.7. The van der Waals surface area contributed by atoms with Gasteiger partial charge in [0.25, 0.3) is 0 Å². The predicted molar refractivity (Wildman–Crippen MR) is 89.7 cm³/mol. The van der Waals surface area contributed by atoms with Crippen LogP contribution in [0.2, 0.25) is 0 Å². The van der Waals surface area contributed by atoms with Crippen LogP contribution in [0.4, 0.5) is 0 Å². The van der Waals surface area contributed by atoms with Crippen LogP contribution in [0, 0.1) is 0 Å². The van der Waals surface area contributed by atoms with Crippen LogP contribution in [-0.4, -0.2) is 38.4 Å². The summed E-state index contributed by atoms with van der Waals surface area (Å²) in [6, 6.07) is 11.2. The summed E-state index contributed by atoms with van der Waals surface area (Å²) >= 11 is 2.75. The van der Waals surface area contributed by atoms with Gasteiger partial charge in [-0.25, -0.2) is 0 Å². The van der Waals surface area contributed by atoms with Crippen molar-refractivity contribution >= 4 is 28.9 Å². The molecular formula is C15H14N4O2S2. The Balaban J connectivity index is 1.79.